The summed E-state index contributed by atoms with van der Waals surface area (Å²) in [7, 11) is 1.32. The summed E-state index contributed by atoms with van der Waals surface area (Å²) < 4.78 is 4.63. The van der Waals surface area contributed by atoms with E-state index in [1.165, 1.54) is 7.11 Å². The third-order valence-corrected chi connectivity index (χ3v) is 2.10. The Hall–Kier alpha value is -1.35. The van der Waals surface area contributed by atoms with E-state index in [-0.39, 0.29) is 0 Å². The van der Waals surface area contributed by atoms with Gasteiger partial charge in [-0.2, -0.15) is 0 Å². The van der Waals surface area contributed by atoms with Crippen LogP contribution in [-0.2, 0) is 9.53 Å². The van der Waals surface area contributed by atoms with Gasteiger partial charge in [0.2, 0.25) is 0 Å². The first-order valence-corrected chi connectivity index (χ1v) is 4.47. The molecule has 0 fully saturated rings. The molecule has 0 bridgehead atoms. The van der Waals surface area contributed by atoms with Crippen LogP contribution in [0.5, 0.6) is 0 Å². The maximum atomic E-state index is 11.4. The van der Waals surface area contributed by atoms with Gasteiger partial charge in [0.15, 0.2) is 0 Å². The molecule has 0 spiro atoms. The molecule has 14 heavy (non-hydrogen) atoms. The van der Waals surface area contributed by atoms with E-state index in [1.54, 1.807) is 19.1 Å². The summed E-state index contributed by atoms with van der Waals surface area (Å²) in [5, 5.41) is 9.47. The molecule has 1 aromatic rings. The van der Waals surface area contributed by atoms with E-state index >= 15 is 0 Å². The van der Waals surface area contributed by atoms with E-state index in [0.29, 0.717) is 0 Å². The van der Waals surface area contributed by atoms with Crippen molar-refractivity contribution < 1.29 is 14.6 Å². The van der Waals surface area contributed by atoms with Gasteiger partial charge >= 0.3 is 5.97 Å². The highest BCUT2D eigenvalue weighted by atomic mass is 16.5. The van der Waals surface area contributed by atoms with Crippen LogP contribution in [0.15, 0.2) is 30.3 Å². The monoisotopic (exact) mass is 194 g/mol. The molecule has 1 N–H and O–H groups in total. The Labute approximate surface area is 83.3 Å². The third-order valence-electron chi connectivity index (χ3n) is 2.10. The predicted molar refractivity (Wildman–Crippen MR) is 52.9 cm³/mol. The van der Waals surface area contributed by atoms with Crippen molar-refractivity contribution in [2.75, 3.05) is 7.11 Å². The third kappa shape index (κ3) is 2.33. The number of hydrogen-bond acceptors (Lipinski definition) is 3. The van der Waals surface area contributed by atoms with Crippen molar-refractivity contribution in [1.29, 1.82) is 0 Å². The number of benzene rings is 1. The van der Waals surface area contributed by atoms with E-state index < -0.39 is 18.0 Å². The maximum Gasteiger partial charge on any atom is 0.315 e. The zero-order chi connectivity index (χ0) is 10.6. The number of esters is 1. The summed E-state index contributed by atoms with van der Waals surface area (Å²) >= 11 is 0. The highest BCUT2D eigenvalue weighted by molar-refractivity contribution is 5.78. The summed E-state index contributed by atoms with van der Waals surface area (Å²) in [6, 6.07) is 9.11. The molecule has 0 heterocycles. The molecule has 0 saturated carbocycles. The second kappa shape index (κ2) is 4.77. The number of methoxy groups -OCH3 is 1. The number of ether oxygens (including phenoxy) is 1. The van der Waals surface area contributed by atoms with E-state index in [1.807, 2.05) is 18.2 Å². The van der Waals surface area contributed by atoms with Gasteiger partial charge in [-0.1, -0.05) is 30.3 Å². The Bertz CT molecular complexity index is 293. The topological polar surface area (TPSA) is 46.5 Å². The molecule has 0 amide bonds. The van der Waals surface area contributed by atoms with Gasteiger partial charge < -0.3 is 9.84 Å². The van der Waals surface area contributed by atoms with Crippen LogP contribution in [0, 0.1) is 0 Å². The van der Waals surface area contributed by atoms with Gasteiger partial charge in [-0.05, 0) is 12.5 Å². The Morgan fingerprint density at radius 3 is 2.36 bits per heavy atom. The summed E-state index contributed by atoms with van der Waals surface area (Å²) in [6.07, 6.45) is -0.746. The molecule has 0 aliphatic carbocycles. The first-order valence-electron chi connectivity index (χ1n) is 4.47. The minimum Gasteiger partial charge on any atom is -0.468 e. The number of carbonyl (C=O) groups is 1. The summed E-state index contributed by atoms with van der Waals surface area (Å²) in [5.74, 6) is -1.01. The molecule has 3 heteroatoms. The largest absolute Gasteiger partial charge is 0.468 e. The molecule has 0 aromatic heterocycles. The fourth-order valence-electron chi connectivity index (χ4n) is 1.40. The molecule has 76 valence electrons. The van der Waals surface area contributed by atoms with Crippen molar-refractivity contribution in [3.05, 3.63) is 35.9 Å². The molecular weight excluding hydrogens is 180 g/mol. The molecule has 3 nitrogen and oxygen atoms in total. The molecule has 0 unspecified atom stereocenters. The fourth-order valence-corrected chi connectivity index (χ4v) is 1.40. The normalized spacial score (nSPS) is 14.5. The summed E-state index contributed by atoms with van der Waals surface area (Å²) in [4.78, 5) is 11.4. The van der Waals surface area contributed by atoms with Crippen LogP contribution in [0.25, 0.3) is 0 Å². The lowest BCUT2D eigenvalue weighted by Gasteiger charge is -2.17. The molecule has 0 saturated heterocycles. The minimum absolute atomic E-state index is 0.411. The van der Waals surface area contributed by atoms with Crippen LogP contribution in [0.1, 0.15) is 18.4 Å². The lowest BCUT2D eigenvalue weighted by Crippen LogP contribution is -2.24. The Morgan fingerprint density at radius 2 is 1.93 bits per heavy atom. The number of rotatable bonds is 3. The molecule has 0 aliphatic rings. The van der Waals surface area contributed by atoms with Crippen LogP contribution in [0.3, 0.4) is 0 Å². The minimum atomic E-state index is -0.746. The van der Waals surface area contributed by atoms with E-state index in [0.717, 1.165) is 5.56 Å². The SMILES string of the molecule is COC(=O)[C@@H](c1ccccc1)[C@H](C)O. The van der Waals surface area contributed by atoms with Crippen molar-refractivity contribution in [3.8, 4) is 0 Å². The van der Waals surface area contributed by atoms with Crippen LogP contribution >= 0.6 is 0 Å². The van der Waals surface area contributed by atoms with Crippen LogP contribution in [0.4, 0.5) is 0 Å². The van der Waals surface area contributed by atoms with Crippen molar-refractivity contribution >= 4 is 5.97 Å². The number of hydrogen-bond donors (Lipinski definition) is 1. The molecular formula is C11H14O3. The lowest BCUT2D eigenvalue weighted by atomic mass is 9.94. The second-order valence-corrected chi connectivity index (χ2v) is 3.15. The maximum absolute atomic E-state index is 11.4. The highest BCUT2D eigenvalue weighted by Gasteiger charge is 2.25. The van der Waals surface area contributed by atoms with Gasteiger partial charge in [-0.15, -0.1) is 0 Å². The zero-order valence-corrected chi connectivity index (χ0v) is 8.31. The second-order valence-electron chi connectivity index (χ2n) is 3.15. The van der Waals surface area contributed by atoms with Gasteiger partial charge in [-0.3, -0.25) is 4.79 Å². The summed E-state index contributed by atoms with van der Waals surface area (Å²) in [5.41, 5.74) is 0.773. The van der Waals surface area contributed by atoms with Gasteiger partial charge in [0.05, 0.1) is 13.2 Å². The van der Waals surface area contributed by atoms with E-state index in [9.17, 15) is 9.90 Å². The average molecular weight is 194 g/mol. The number of carbonyl (C=O) groups excluding carboxylic acids is 1. The average Bonchev–Trinajstić information content (AvgIpc) is 2.19. The van der Waals surface area contributed by atoms with E-state index in [4.69, 9.17) is 0 Å². The van der Waals surface area contributed by atoms with Crippen LogP contribution in [-0.4, -0.2) is 24.3 Å². The Kier molecular flexibility index (Phi) is 3.65. The van der Waals surface area contributed by atoms with E-state index in [2.05, 4.69) is 4.74 Å². The molecule has 0 aliphatic heterocycles. The summed E-state index contributed by atoms with van der Waals surface area (Å²) in [6.45, 7) is 1.58. The quantitative estimate of drug-likeness (QED) is 0.738. The molecule has 0 radical (unpaired) electrons. The van der Waals surface area contributed by atoms with Crippen molar-refractivity contribution in [2.45, 2.75) is 18.9 Å². The highest BCUT2D eigenvalue weighted by Crippen LogP contribution is 2.20. The van der Waals surface area contributed by atoms with Crippen molar-refractivity contribution in [1.82, 2.24) is 0 Å². The van der Waals surface area contributed by atoms with Gasteiger partial charge in [-0.25, -0.2) is 0 Å². The standard InChI is InChI=1S/C11H14O3/c1-8(12)10(11(13)14-2)9-6-4-3-5-7-9/h3-8,10,12H,1-2H3/t8-,10+/m0/s1. The van der Waals surface area contributed by atoms with Gasteiger partial charge in [0, 0.05) is 0 Å². The lowest BCUT2D eigenvalue weighted by molar-refractivity contribution is -0.144. The molecule has 1 aromatic carbocycles. The first kappa shape index (κ1) is 10.7. The van der Waals surface area contributed by atoms with Crippen LogP contribution in [0.2, 0.25) is 0 Å². The predicted octanol–water partition coefficient (Wildman–Crippen LogP) is 1.32. The fraction of sp³-hybridized carbons (Fsp3) is 0.364. The Balaban J connectivity index is 2.95. The first-order chi connectivity index (χ1) is 6.66. The van der Waals surface area contributed by atoms with Crippen LogP contribution < -0.4 is 0 Å². The van der Waals surface area contributed by atoms with Gasteiger partial charge in [0.25, 0.3) is 0 Å². The number of aliphatic hydroxyl groups excluding tert-OH is 1. The smallest absolute Gasteiger partial charge is 0.315 e. The van der Waals surface area contributed by atoms with Crippen molar-refractivity contribution in [3.63, 3.8) is 0 Å². The molecule has 1 rings (SSSR count). The van der Waals surface area contributed by atoms with Gasteiger partial charge in [0.1, 0.15) is 5.92 Å². The Morgan fingerprint density at radius 1 is 1.36 bits per heavy atom. The zero-order valence-electron chi connectivity index (χ0n) is 8.31. The molecule has 2 atom stereocenters. The number of aliphatic hydroxyl groups is 1. The van der Waals surface area contributed by atoms with Crippen molar-refractivity contribution in [2.24, 2.45) is 0 Å².